The number of hydrogen-bond donors (Lipinski definition) is 2. The van der Waals surface area contributed by atoms with E-state index in [2.05, 4.69) is 0 Å². The molecule has 1 rings (SSSR count). The number of amides is 1. The molecule has 0 aromatic heterocycles. The SMILES string of the molecule is CCC(N)(CC)C(=O)N1CCC(OCCC(=O)O)CC1. The average Bonchev–Trinajstić information content (AvgIpc) is 2.46. The smallest absolute Gasteiger partial charge is 0.305 e. The van der Waals surface area contributed by atoms with Gasteiger partial charge in [0.1, 0.15) is 0 Å². The van der Waals surface area contributed by atoms with E-state index >= 15 is 0 Å². The molecule has 1 saturated heterocycles. The van der Waals surface area contributed by atoms with Crippen LogP contribution in [0.1, 0.15) is 46.0 Å². The maximum absolute atomic E-state index is 12.4. The van der Waals surface area contributed by atoms with Gasteiger partial charge in [-0.1, -0.05) is 13.8 Å². The largest absolute Gasteiger partial charge is 0.481 e. The van der Waals surface area contributed by atoms with Crippen LogP contribution in [0.4, 0.5) is 0 Å². The number of carboxylic acid groups (broad SMARTS) is 1. The molecule has 1 heterocycles. The third-order valence-corrected chi connectivity index (χ3v) is 4.09. The molecule has 0 atom stereocenters. The first-order valence-electron chi connectivity index (χ1n) is 7.34. The Morgan fingerprint density at radius 3 is 2.30 bits per heavy atom. The molecule has 3 N–H and O–H groups in total. The van der Waals surface area contributed by atoms with Gasteiger partial charge in [0, 0.05) is 13.1 Å². The fraction of sp³-hybridized carbons (Fsp3) is 0.857. The summed E-state index contributed by atoms with van der Waals surface area (Å²) in [6, 6.07) is 0. The number of carbonyl (C=O) groups excluding carboxylic acids is 1. The number of hydrogen-bond acceptors (Lipinski definition) is 4. The van der Waals surface area contributed by atoms with Crippen LogP contribution in [0.3, 0.4) is 0 Å². The van der Waals surface area contributed by atoms with E-state index in [9.17, 15) is 9.59 Å². The lowest BCUT2D eigenvalue weighted by atomic mass is 9.91. The molecule has 0 bridgehead atoms. The normalized spacial score (nSPS) is 17.2. The van der Waals surface area contributed by atoms with Crippen LogP contribution < -0.4 is 5.73 Å². The molecule has 1 fully saturated rings. The molecule has 1 amide bonds. The summed E-state index contributed by atoms with van der Waals surface area (Å²) in [5.41, 5.74) is 5.38. The van der Waals surface area contributed by atoms with E-state index in [1.54, 1.807) is 0 Å². The number of likely N-dealkylation sites (tertiary alicyclic amines) is 1. The maximum atomic E-state index is 12.4. The number of rotatable bonds is 7. The number of piperidine rings is 1. The van der Waals surface area contributed by atoms with Gasteiger partial charge in [0.15, 0.2) is 0 Å². The number of ether oxygens (including phenoxy) is 1. The molecule has 1 aliphatic rings. The predicted octanol–water partition coefficient (Wildman–Crippen LogP) is 0.986. The molecule has 6 nitrogen and oxygen atoms in total. The van der Waals surface area contributed by atoms with Gasteiger partial charge in [-0.05, 0) is 25.7 Å². The van der Waals surface area contributed by atoms with Crippen LogP contribution in [0.5, 0.6) is 0 Å². The van der Waals surface area contributed by atoms with Gasteiger partial charge in [0.25, 0.3) is 0 Å². The Morgan fingerprint density at radius 2 is 1.85 bits per heavy atom. The monoisotopic (exact) mass is 286 g/mol. The lowest BCUT2D eigenvalue weighted by Crippen LogP contribution is -2.56. The molecule has 0 saturated carbocycles. The van der Waals surface area contributed by atoms with Gasteiger partial charge < -0.3 is 20.5 Å². The first-order valence-corrected chi connectivity index (χ1v) is 7.34. The van der Waals surface area contributed by atoms with E-state index in [1.165, 1.54) is 0 Å². The van der Waals surface area contributed by atoms with Crippen molar-refractivity contribution >= 4 is 11.9 Å². The maximum Gasteiger partial charge on any atom is 0.305 e. The van der Waals surface area contributed by atoms with E-state index in [-0.39, 0.29) is 25.0 Å². The first-order chi connectivity index (χ1) is 9.42. The van der Waals surface area contributed by atoms with Crippen molar-refractivity contribution in [1.29, 1.82) is 0 Å². The molecule has 0 aromatic carbocycles. The Morgan fingerprint density at radius 1 is 1.30 bits per heavy atom. The molecule has 0 aromatic rings. The van der Waals surface area contributed by atoms with Gasteiger partial charge in [-0.3, -0.25) is 9.59 Å². The second kappa shape index (κ2) is 7.59. The third-order valence-electron chi connectivity index (χ3n) is 4.09. The summed E-state index contributed by atoms with van der Waals surface area (Å²) in [6.07, 6.45) is 2.84. The number of nitrogens with two attached hydrogens (primary N) is 1. The van der Waals surface area contributed by atoms with Crippen molar-refractivity contribution < 1.29 is 19.4 Å². The van der Waals surface area contributed by atoms with Crippen LogP contribution in [0, 0.1) is 0 Å². The van der Waals surface area contributed by atoms with Gasteiger partial charge >= 0.3 is 5.97 Å². The zero-order chi connectivity index (χ0) is 15.2. The fourth-order valence-electron chi connectivity index (χ4n) is 2.41. The molecule has 116 valence electrons. The quantitative estimate of drug-likeness (QED) is 0.728. The van der Waals surface area contributed by atoms with Gasteiger partial charge in [-0.25, -0.2) is 0 Å². The van der Waals surface area contributed by atoms with Crippen molar-refractivity contribution in [3.63, 3.8) is 0 Å². The average molecular weight is 286 g/mol. The van der Waals surface area contributed by atoms with Crippen molar-refractivity contribution in [3.05, 3.63) is 0 Å². The highest BCUT2D eigenvalue weighted by Gasteiger charge is 2.35. The fourth-order valence-corrected chi connectivity index (χ4v) is 2.41. The summed E-state index contributed by atoms with van der Waals surface area (Å²) in [4.78, 5) is 24.6. The van der Waals surface area contributed by atoms with Crippen LogP contribution >= 0.6 is 0 Å². The summed E-state index contributed by atoms with van der Waals surface area (Å²) >= 11 is 0. The lowest BCUT2D eigenvalue weighted by molar-refractivity contribution is -0.140. The summed E-state index contributed by atoms with van der Waals surface area (Å²) in [5, 5.41) is 8.55. The molecule has 6 heteroatoms. The van der Waals surface area contributed by atoms with Crippen molar-refractivity contribution in [2.45, 2.75) is 57.6 Å². The van der Waals surface area contributed by atoms with E-state index in [1.807, 2.05) is 18.7 Å². The molecule has 0 radical (unpaired) electrons. The van der Waals surface area contributed by atoms with Crippen LogP contribution in [0.2, 0.25) is 0 Å². The Labute approximate surface area is 120 Å². The molecular formula is C14H26N2O4. The standard InChI is InChI=1S/C14H26N2O4/c1-3-14(15,4-2)13(19)16-8-5-11(6-9-16)20-10-7-12(17)18/h11H,3-10,15H2,1-2H3,(H,17,18). The van der Waals surface area contributed by atoms with Gasteiger partial charge in [0.05, 0.1) is 24.7 Å². The third kappa shape index (κ3) is 4.45. The number of carboxylic acids is 1. The van der Waals surface area contributed by atoms with Gasteiger partial charge in [-0.2, -0.15) is 0 Å². The number of carbonyl (C=O) groups is 2. The van der Waals surface area contributed by atoms with Crippen molar-refractivity contribution in [2.24, 2.45) is 5.73 Å². The zero-order valence-electron chi connectivity index (χ0n) is 12.4. The zero-order valence-corrected chi connectivity index (χ0v) is 12.4. The number of nitrogens with zero attached hydrogens (tertiary/aromatic N) is 1. The van der Waals surface area contributed by atoms with E-state index in [4.69, 9.17) is 15.6 Å². The van der Waals surface area contributed by atoms with E-state index in [0.29, 0.717) is 25.9 Å². The van der Waals surface area contributed by atoms with E-state index in [0.717, 1.165) is 12.8 Å². The summed E-state index contributed by atoms with van der Waals surface area (Å²) < 4.78 is 5.51. The number of aliphatic carboxylic acids is 1. The lowest BCUT2D eigenvalue weighted by Gasteiger charge is -2.37. The Hall–Kier alpha value is -1.14. The van der Waals surface area contributed by atoms with Crippen LogP contribution in [-0.4, -0.2) is 53.2 Å². The Bertz CT molecular complexity index is 334. The molecule has 0 aliphatic carbocycles. The second-order valence-electron chi connectivity index (χ2n) is 5.37. The Balaban J connectivity index is 2.38. The van der Waals surface area contributed by atoms with Crippen LogP contribution in [-0.2, 0) is 14.3 Å². The summed E-state index contributed by atoms with van der Waals surface area (Å²) in [5.74, 6) is -0.831. The summed E-state index contributed by atoms with van der Waals surface area (Å²) in [7, 11) is 0. The van der Waals surface area contributed by atoms with Crippen LogP contribution in [0.15, 0.2) is 0 Å². The highest BCUT2D eigenvalue weighted by atomic mass is 16.5. The molecule has 20 heavy (non-hydrogen) atoms. The van der Waals surface area contributed by atoms with Gasteiger partial charge in [-0.15, -0.1) is 0 Å². The summed E-state index contributed by atoms with van der Waals surface area (Å²) in [6.45, 7) is 5.37. The second-order valence-corrected chi connectivity index (χ2v) is 5.37. The predicted molar refractivity (Wildman–Crippen MR) is 75.3 cm³/mol. The highest BCUT2D eigenvalue weighted by molar-refractivity contribution is 5.86. The Kier molecular flexibility index (Phi) is 6.42. The van der Waals surface area contributed by atoms with Crippen molar-refractivity contribution in [1.82, 2.24) is 4.90 Å². The minimum atomic E-state index is -0.851. The minimum absolute atomic E-state index is 0.0199. The van der Waals surface area contributed by atoms with Crippen LogP contribution in [0.25, 0.3) is 0 Å². The molecule has 0 spiro atoms. The van der Waals surface area contributed by atoms with E-state index < -0.39 is 11.5 Å². The van der Waals surface area contributed by atoms with Gasteiger partial charge in [0.2, 0.25) is 5.91 Å². The van der Waals surface area contributed by atoms with Crippen molar-refractivity contribution in [2.75, 3.05) is 19.7 Å². The molecular weight excluding hydrogens is 260 g/mol. The van der Waals surface area contributed by atoms with Crippen molar-refractivity contribution in [3.8, 4) is 0 Å². The molecule has 0 unspecified atom stereocenters. The highest BCUT2D eigenvalue weighted by Crippen LogP contribution is 2.20. The minimum Gasteiger partial charge on any atom is -0.481 e. The topological polar surface area (TPSA) is 92.9 Å². The molecule has 1 aliphatic heterocycles. The first kappa shape index (κ1) is 16.9.